The van der Waals surface area contributed by atoms with Gasteiger partial charge in [-0.3, -0.25) is 9.88 Å². The van der Waals surface area contributed by atoms with Crippen molar-refractivity contribution in [3.8, 4) is 0 Å². The summed E-state index contributed by atoms with van der Waals surface area (Å²) in [6, 6.07) is 5.99. The molecule has 0 radical (unpaired) electrons. The summed E-state index contributed by atoms with van der Waals surface area (Å²) in [5.41, 5.74) is 1.26. The lowest BCUT2D eigenvalue weighted by atomic mass is 9.84. The van der Waals surface area contributed by atoms with E-state index in [4.69, 9.17) is 4.99 Å². The average Bonchev–Trinajstić information content (AvgIpc) is 2.73. The second-order valence-electron chi connectivity index (χ2n) is 7.95. The molecule has 1 aromatic rings. The Hall–Kier alpha value is -1.66. The van der Waals surface area contributed by atoms with E-state index in [0.717, 1.165) is 24.7 Å². The normalized spacial score (nSPS) is 21.8. The standard InChI is InChI=1S/C21H36N6/c1-3-22-20(24-17-19-9-5-6-12-23-19)25-18-21(10-15-26(2)16-11-21)27-13-7-4-8-14-27/h5-6,9,12H,3-4,7-8,10-11,13-18H2,1-2H3,(H2,22,24,25). The molecule has 0 spiro atoms. The zero-order valence-electron chi connectivity index (χ0n) is 17.1. The zero-order valence-corrected chi connectivity index (χ0v) is 17.1. The van der Waals surface area contributed by atoms with Crippen LogP contribution < -0.4 is 10.6 Å². The predicted octanol–water partition coefficient (Wildman–Crippen LogP) is 2.09. The summed E-state index contributed by atoms with van der Waals surface area (Å²) in [6.45, 7) is 9.41. The Balaban J connectivity index is 1.66. The van der Waals surface area contributed by atoms with Crippen LogP contribution in [0.2, 0.25) is 0 Å². The van der Waals surface area contributed by atoms with E-state index in [1.165, 1.54) is 58.3 Å². The van der Waals surface area contributed by atoms with Crippen molar-refractivity contribution in [1.29, 1.82) is 0 Å². The maximum absolute atomic E-state index is 4.76. The molecule has 0 bridgehead atoms. The van der Waals surface area contributed by atoms with E-state index >= 15 is 0 Å². The van der Waals surface area contributed by atoms with Crippen LogP contribution in [0.3, 0.4) is 0 Å². The molecule has 2 aliphatic heterocycles. The summed E-state index contributed by atoms with van der Waals surface area (Å²) < 4.78 is 0. The number of aromatic nitrogens is 1. The van der Waals surface area contributed by atoms with Crippen molar-refractivity contribution in [1.82, 2.24) is 25.4 Å². The van der Waals surface area contributed by atoms with E-state index in [1.54, 1.807) is 0 Å². The van der Waals surface area contributed by atoms with E-state index in [9.17, 15) is 0 Å². The molecule has 0 aromatic carbocycles. The van der Waals surface area contributed by atoms with E-state index in [1.807, 2.05) is 24.4 Å². The van der Waals surface area contributed by atoms with Crippen molar-refractivity contribution < 1.29 is 0 Å². The van der Waals surface area contributed by atoms with Gasteiger partial charge in [0.2, 0.25) is 0 Å². The van der Waals surface area contributed by atoms with E-state index in [0.29, 0.717) is 6.54 Å². The topological polar surface area (TPSA) is 55.8 Å². The summed E-state index contributed by atoms with van der Waals surface area (Å²) >= 11 is 0. The highest BCUT2D eigenvalue weighted by molar-refractivity contribution is 5.79. The van der Waals surface area contributed by atoms with Crippen LogP contribution in [0.15, 0.2) is 29.4 Å². The molecule has 6 nitrogen and oxygen atoms in total. The highest BCUT2D eigenvalue weighted by Gasteiger charge is 2.39. The number of pyridine rings is 1. The number of piperidine rings is 2. The van der Waals surface area contributed by atoms with Crippen LogP contribution >= 0.6 is 0 Å². The molecule has 27 heavy (non-hydrogen) atoms. The molecular weight excluding hydrogens is 336 g/mol. The van der Waals surface area contributed by atoms with Gasteiger partial charge in [-0.25, -0.2) is 4.99 Å². The van der Waals surface area contributed by atoms with E-state index < -0.39 is 0 Å². The smallest absolute Gasteiger partial charge is 0.191 e. The molecule has 150 valence electrons. The molecule has 3 heterocycles. The number of hydrogen-bond donors (Lipinski definition) is 2. The van der Waals surface area contributed by atoms with Crippen LogP contribution in [0.25, 0.3) is 0 Å². The van der Waals surface area contributed by atoms with Crippen LogP contribution in [-0.4, -0.2) is 72.6 Å². The van der Waals surface area contributed by atoms with Crippen LogP contribution in [0, 0.1) is 0 Å². The van der Waals surface area contributed by atoms with Gasteiger partial charge >= 0.3 is 0 Å². The minimum Gasteiger partial charge on any atom is -0.357 e. The molecule has 0 unspecified atom stereocenters. The molecule has 1 aromatic heterocycles. The first kappa shape index (κ1) is 20.1. The zero-order chi connectivity index (χ0) is 19.0. The van der Waals surface area contributed by atoms with Gasteiger partial charge in [0, 0.05) is 24.8 Å². The van der Waals surface area contributed by atoms with Crippen LogP contribution in [0.5, 0.6) is 0 Å². The van der Waals surface area contributed by atoms with Gasteiger partial charge in [0.25, 0.3) is 0 Å². The summed E-state index contributed by atoms with van der Waals surface area (Å²) in [5.74, 6) is 0.901. The maximum atomic E-state index is 4.76. The quantitative estimate of drug-likeness (QED) is 0.592. The van der Waals surface area contributed by atoms with Crippen molar-refractivity contribution in [3.63, 3.8) is 0 Å². The number of likely N-dealkylation sites (tertiary alicyclic amines) is 2. The first-order chi connectivity index (χ1) is 13.2. The minimum absolute atomic E-state index is 0.258. The second kappa shape index (κ2) is 10.0. The molecule has 0 amide bonds. The molecule has 2 saturated heterocycles. The minimum atomic E-state index is 0.258. The van der Waals surface area contributed by atoms with Crippen molar-refractivity contribution in [2.45, 2.75) is 51.1 Å². The molecule has 0 aliphatic carbocycles. The molecule has 2 N–H and O–H groups in total. The lowest BCUT2D eigenvalue weighted by Crippen LogP contribution is -2.62. The summed E-state index contributed by atoms with van der Waals surface area (Å²) in [6.07, 6.45) is 8.35. The molecule has 2 aliphatic rings. The van der Waals surface area contributed by atoms with Gasteiger partial charge < -0.3 is 15.5 Å². The highest BCUT2D eigenvalue weighted by Crippen LogP contribution is 2.30. The molecule has 2 fully saturated rings. The number of nitrogens with zero attached hydrogens (tertiary/aromatic N) is 4. The van der Waals surface area contributed by atoms with Gasteiger partial charge in [-0.1, -0.05) is 12.5 Å². The van der Waals surface area contributed by atoms with Crippen LogP contribution in [0.1, 0.15) is 44.7 Å². The van der Waals surface area contributed by atoms with Gasteiger partial charge in [-0.05, 0) is 78.0 Å². The Bertz CT molecular complexity index is 574. The van der Waals surface area contributed by atoms with Gasteiger partial charge in [0.1, 0.15) is 0 Å². The molecule has 0 saturated carbocycles. The monoisotopic (exact) mass is 372 g/mol. The Labute approximate surface area is 164 Å². The Kier molecular flexibility index (Phi) is 7.47. The molecule has 0 atom stereocenters. The number of nitrogens with one attached hydrogen (secondary N) is 2. The third-order valence-corrected chi connectivity index (χ3v) is 6.00. The van der Waals surface area contributed by atoms with Crippen LogP contribution in [0.4, 0.5) is 0 Å². The third-order valence-electron chi connectivity index (χ3n) is 6.00. The number of guanidine groups is 1. The van der Waals surface area contributed by atoms with Crippen molar-refractivity contribution in [3.05, 3.63) is 30.1 Å². The fourth-order valence-corrected chi connectivity index (χ4v) is 4.25. The third kappa shape index (κ3) is 5.66. The first-order valence-corrected chi connectivity index (χ1v) is 10.6. The predicted molar refractivity (Wildman–Crippen MR) is 112 cm³/mol. The van der Waals surface area contributed by atoms with Gasteiger partial charge in [0.05, 0.1) is 12.2 Å². The highest BCUT2D eigenvalue weighted by atomic mass is 15.3. The SMILES string of the molecule is CCNC(=NCc1ccccn1)NCC1(N2CCCCC2)CCN(C)CC1. The number of aliphatic imine (C=N–C) groups is 1. The maximum Gasteiger partial charge on any atom is 0.191 e. The van der Waals surface area contributed by atoms with Crippen molar-refractivity contribution in [2.24, 2.45) is 4.99 Å². The van der Waals surface area contributed by atoms with E-state index in [-0.39, 0.29) is 5.54 Å². The Morgan fingerprint density at radius 2 is 1.89 bits per heavy atom. The fourth-order valence-electron chi connectivity index (χ4n) is 4.25. The van der Waals surface area contributed by atoms with Gasteiger partial charge in [-0.15, -0.1) is 0 Å². The van der Waals surface area contributed by atoms with Crippen LogP contribution in [-0.2, 0) is 6.54 Å². The number of rotatable bonds is 6. The van der Waals surface area contributed by atoms with Gasteiger partial charge in [0.15, 0.2) is 5.96 Å². The molecular formula is C21H36N6. The largest absolute Gasteiger partial charge is 0.357 e. The molecule has 6 heteroatoms. The van der Waals surface area contributed by atoms with Crippen molar-refractivity contribution in [2.75, 3.05) is 46.3 Å². The Morgan fingerprint density at radius 1 is 1.11 bits per heavy atom. The molecule has 3 rings (SSSR count). The summed E-state index contributed by atoms with van der Waals surface area (Å²) in [5, 5.41) is 7.07. The lowest BCUT2D eigenvalue weighted by molar-refractivity contribution is 0.0173. The van der Waals surface area contributed by atoms with E-state index in [2.05, 4.69) is 39.4 Å². The summed E-state index contributed by atoms with van der Waals surface area (Å²) in [4.78, 5) is 14.4. The van der Waals surface area contributed by atoms with Gasteiger partial charge in [-0.2, -0.15) is 0 Å². The summed E-state index contributed by atoms with van der Waals surface area (Å²) in [7, 11) is 2.24. The Morgan fingerprint density at radius 3 is 2.56 bits per heavy atom. The fraction of sp³-hybridized carbons (Fsp3) is 0.714. The first-order valence-electron chi connectivity index (χ1n) is 10.6. The number of hydrogen-bond acceptors (Lipinski definition) is 4. The lowest BCUT2D eigenvalue weighted by Gasteiger charge is -2.50. The second-order valence-corrected chi connectivity index (χ2v) is 7.95. The average molecular weight is 373 g/mol. The van der Waals surface area contributed by atoms with Crippen molar-refractivity contribution >= 4 is 5.96 Å².